The molecule has 0 amide bonds. The lowest BCUT2D eigenvalue weighted by Crippen LogP contribution is -2.04. The average molecular weight is 277 g/mol. The van der Waals surface area contributed by atoms with E-state index < -0.39 is 0 Å². The van der Waals surface area contributed by atoms with Gasteiger partial charge in [0, 0.05) is 11.1 Å². The molecule has 0 aromatic heterocycles. The molecule has 0 N–H and O–H groups in total. The molecular formula is C16H14ClFO. The molecule has 0 aliphatic rings. The van der Waals surface area contributed by atoms with Gasteiger partial charge in [0.15, 0.2) is 5.78 Å². The molecule has 0 aliphatic carbocycles. The number of aryl methyl sites for hydroxylation is 3. The van der Waals surface area contributed by atoms with Gasteiger partial charge in [-0.1, -0.05) is 11.6 Å². The summed E-state index contributed by atoms with van der Waals surface area (Å²) in [5, 5.41) is 0.426. The van der Waals surface area contributed by atoms with Gasteiger partial charge in [0.05, 0.1) is 5.02 Å². The van der Waals surface area contributed by atoms with Gasteiger partial charge >= 0.3 is 0 Å². The topological polar surface area (TPSA) is 17.1 Å². The summed E-state index contributed by atoms with van der Waals surface area (Å²) in [6.45, 7) is 5.50. The van der Waals surface area contributed by atoms with Crippen LogP contribution >= 0.6 is 11.6 Å². The minimum absolute atomic E-state index is 0.184. The Bertz CT molecular complexity index is 662. The maximum absolute atomic E-state index is 13.2. The van der Waals surface area contributed by atoms with Crippen molar-refractivity contribution in [2.24, 2.45) is 0 Å². The zero-order valence-corrected chi connectivity index (χ0v) is 11.8. The highest BCUT2D eigenvalue weighted by atomic mass is 35.5. The maximum Gasteiger partial charge on any atom is 0.194 e. The Morgan fingerprint density at radius 3 is 2.26 bits per heavy atom. The van der Waals surface area contributed by atoms with Gasteiger partial charge in [0.2, 0.25) is 0 Å². The first kappa shape index (κ1) is 13.8. The second kappa shape index (κ2) is 5.14. The van der Waals surface area contributed by atoms with Gasteiger partial charge in [0.25, 0.3) is 0 Å². The predicted octanol–water partition coefficient (Wildman–Crippen LogP) is 4.64. The van der Waals surface area contributed by atoms with Crippen molar-refractivity contribution in [1.29, 1.82) is 0 Å². The first-order valence-corrected chi connectivity index (χ1v) is 6.35. The molecule has 0 radical (unpaired) electrons. The Hall–Kier alpha value is -1.67. The zero-order valence-electron chi connectivity index (χ0n) is 11.1. The van der Waals surface area contributed by atoms with Gasteiger partial charge in [0.1, 0.15) is 5.82 Å². The molecular weight excluding hydrogens is 263 g/mol. The Balaban J connectivity index is 2.49. The summed E-state index contributed by atoms with van der Waals surface area (Å²) in [5.74, 6) is -0.501. The fourth-order valence-electron chi connectivity index (χ4n) is 1.90. The molecule has 0 saturated carbocycles. The molecule has 1 nitrogen and oxygen atoms in total. The van der Waals surface area contributed by atoms with Crippen LogP contribution in [0.15, 0.2) is 30.3 Å². The van der Waals surface area contributed by atoms with Crippen LogP contribution in [0, 0.1) is 26.6 Å². The number of hydrogen-bond acceptors (Lipinski definition) is 1. The van der Waals surface area contributed by atoms with E-state index in [0.29, 0.717) is 21.7 Å². The average Bonchev–Trinajstić information content (AvgIpc) is 2.36. The molecule has 98 valence electrons. The number of carbonyl (C=O) groups is 1. The van der Waals surface area contributed by atoms with Crippen LogP contribution in [-0.2, 0) is 0 Å². The molecule has 19 heavy (non-hydrogen) atoms. The predicted molar refractivity (Wildman–Crippen MR) is 75.5 cm³/mol. The quantitative estimate of drug-likeness (QED) is 0.731. The first-order valence-electron chi connectivity index (χ1n) is 5.97. The minimum Gasteiger partial charge on any atom is -0.289 e. The normalized spacial score (nSPS) is 10.6. The monoisotopic (exact) mass is 276 g/mol. The van der Waals surface area contributed by atoms with Gasteiger partial charge < -0.3 is 0 Å². The van der Waals surface area contributed by atoms with Crippen molar-refractivity contribution >= 4 is 17.4 Å². The van der Waals surface area contributed by atoms with E-state index in [1.54, 1.807) is 25.1 Å². The van der Waals surface area contributed by atoms with Gasteiger partial charge in [-0.3, -0.25) is 4.79 Å². The lowest BCUT2D eigenvalue weighted by Gasteiger charge is -2.08. The van der Waals surface area contributed by atoms with Crippen LogP contribution in [0.1, 0.15) is 32.6 Å². The van der Waals surface area contributed by atoms with E-state index >= 15 is 0 Å². The molecule has 0 fully saturated rings. The number of benzene rings is 2. The molecule has 0 spiro atoms. The highest BCUT2D eigenvalue weighted by Gasteiger charge is 2.15. The van der Waals surface area contributed by atoms with Gasteiger partial charge in [-0.15, -0.1) is 0 Å². The van der Waals surface area contributed by atoms with E-state index in [0.717, 1.165) is 11.1 Å². The van der Waals surface area contributed by atoms with Gasteiger partial charge in [-0.2, -0.15) is 0 Å². The fraction of sp³-hybridized carbons (Fsp3) is 0.188. The SMILES string of the molecule is Cc1cc(Cl)c(C(=O)c2ccc(F)c(C)c2)cc1C. The van der Waals surface area contributed by atoms with E-state index in [4.69, 9.17) is 11.6 Å². The van der Waals surface area contributed by atoms with Crippen molar-refractivity contribution in [3.8, 4) is 0 Å². The number of hydrogen-bond donors (Lipinski definition) is 0. The van der Waals surface area contributed by atoms with Crippen LogP contribution in [-0.4, -0.2) is 5.78 Å². The summed E-state index contributed by atoms with van der Waals surface area (Å²) >= 11 is 6.12. The molecule has 2 aromatic rings. The van der Waals surface area contributed by atoms with Crippen LogP contribution < -0.4 is 0 Å². The van der Waals surface area contributed by atoms with E-state index in [9.17, 15) is 9.18 Å². The van der Waals surface area contributed by atoms with Crippen molar-refractivity contribution < 1.29 is 9.18 Å². The van der Waals surface area contributed by atoms with Crippen LogP contribution in [0.3, 0.4) is 0 Å². The van der Waals surface area contributed by atoms with Crippen molar-refractivity contribution in [2.75, 3.05) is 0 Å². The Morgan fingerprint density at radius 2 is 1.63 bits per heavy atom. The van der Waals surface area contributed by atoms with Crippen molar-refractivity contribution in [1.82, 2.24) is 0 Å². The third-order valence-electron chi connectivity index (χ3n) is 3.25. The molecule has 0 bridgehead atoms. The third kappa shape index (κ3) is 2.69. The standard InChI is InChI=1S/C16H14ClFO/c1-9-7-13(14(17)8-10(9)2)16(19)12-4-5-15(18)11(3)6-12/h4-8H,1-3H3. The molecule has 0 heterocycles. The number of ketones is 1. The lowest BCUT2D eigenvalue weighted by atomic mass is 9.98. The highest BCUT2D eigenvalue weighted by Crippen LogP contribution is 2.24. The zero-order chi connectivity index (χ0) is 14.2. The molecule has 2 rings (SSSR count). The smallest absolute Gasteiger partial charge is 0.194 e. The van der Waals surface area contributed by atoms with E-state index in [1.165, 1.54) is 12.1 Å². The van der Waals surface area contributed by atoms with Crippen molar-refractivity contribution in [3.63, 3.8) is 0 Å². The summed E-state index contributed by atoms with van der Waals surface area (Å²) in [5.41, 5.74) is 3.40. The molecule has 0 saturated heterocycles. The number of carbonyl (C=O) groups excluding carboxylic acids is 1. The van der Waals surface area contributed by atoms with Crippen molar-refractivity contribution in [3.05, 3.63) is 69.0 Å². The second-order valence-electron chi connectivity index (χ2n) is 4.71. The van der Waals surface area contributed by atoms with Gasteiger partial charge in [-0.25, -0.2) is 4.39 Å². The Labute approximate surface area is 117 Å². The third-order valence-corrected chi connectivity index (χ3v) is 3.56. The van der Waals surface area contributed by atoms with Crippen LogP contribution in [0.2, 0.25) is 5.02 Å². The minimum atomic E-state index is -0.317. The Morgan fingerprint density at radius 1 is 1.00 bits per heavy atom. The summed E-state index contributed by atoms with van der Waals surface area (Å²) in [7, 11) is 0. The number of halogens is 2. The lowest BCUT2D eigenvalue weighted by molar-refractivity contribution is 0.103. The molecule has 3 heteroatoms. The summed E-state index contributed by atoms with van der Waals surface area (Å²) in [4.78, 5) is 12.4. The van der Waals surface area contributed by atoms with E-state index in [2.05, 4.69) is 0 Å². The van der Waals surface area contributed by atoms with Crippen LogP contribution in [0.5, 0.6) is 0 Å². The summed E-state index contributed by atoms with van der Waals surface area (Å²) < 4.78 is 13.2. The second-order valence-corrected chi connectivity index (χ2v) is 5.12. The molecule has 0 atom stereocenters. The van der Waals surface area contributed by atoms with Gasteiger partial charge in [-0.05, 0) is 67.8 Å². The molecule has 0 aliphatic heterocycles. The molecule has 2 aromatic carbocycles. The largest absolute Gasteiger partial charge is 0.289 e. The molecule has 0 unspecified atom stereocenters. The Kier molecular flexibility index (Phi) is 3.72. The van der Waals surface area contributed by atoms with Crippen LogP contribution in [0.25, 0.3) is 0 Å². The number of rotatable bonds is 2. The van der Waals surface area contributed by atoms with Crippen molar-refractivity contribution in [2.45, 2.75) is 20.8 Å². The van der Waals surface area contributed by atoms with E-state index in [1.807, 2.05) is 13.8 Å². The fourth-order valence-corrected chi connectivity index (χ4v) is 2.20. The van der Waals surface area contributed by atoms with Crippen LogP contribution in [0.4, 0.5) is 4.39 Å². The highest BCUT2D eigenvalue weighted by molar-refractivity contribution is 6.35. The summed E-state index contributed by atoms with van der Waals surface area (Å²) in [6, 6.07) is 7.89. The first-order chi connectivity index (χ1) is 8.90. The van der Waals surface area contributed by atoms with E-state index in [-0.39, 0.29) is 11.6 Å². The summed E-state index contributed by atoms with van der Waals surface area (Å²) in [6.07, 6.45) is 0. The maximum atomic E-state index is 13.2.